The maximum Gasteiger partial charge on any atom is 0.469 e. The lowest BCUT2D eigenvalue weighted by molar-refractivity contribution is -0.111. The SMILES string of the molecule is C#CO[C@H](COP(=O)(O)O)[C@@H](O)CC=O. The summed E-state index contributed by atoms with van der Waals surface area (Å²) in [4.78, 5) is 26.8. The van der Waals surface area contributed by atoms with Crippen LogP contribution in [-0.4, -0.2) is 40.0 Å². The molecule has 0 amide bonds. The number of hydrogen-bond acceptors (Lipinski definition) is 5. The van der Waals surface area contributed by atoms with Crippen LogP contribution in [0.4, 0.5) is 0 Å². The average Bonchev–Trinajstić information content (AvgIpc) is 2.11. The van der Waals surface area contributed by atoms with Crippen LogP contribution in [0, 0.1) is 12.5 Å². The van der Waals surface area contributed by atoms with Crippen LogP contribution < -0.4 is 0 Å². The van der Waals surface area contributed by atoms with Gasteiger partial charge in [-0.15, -0.1) is 0 Å². The lowest BCUT2D eigenvalue weighted by Gasteiger charge is -2.19. The highest BCUT2D eigenvalue weighted by Crippen LogP contribution is 2.36. The summed E-state index contributed by atoms with van der Waals surface area (Å²) in [6.45, 7) is -0.608. The topological polar surface area (TPSA) is 113 Å². The zero-order valence-corrected chi connectivity index (χ0v) is 8.54. The number of aldehydes is 1. The average molecular weight is 238 g/mol. The van der Waals surface area contributed by atoms with E-state index in [0.717, 1.165) is 0 Å². The van der Waals surface area contributed by atoms with Crippen molar-refractivity contribution in [3.8, 4) is 12.5 Å². The Morgan fingerprint density at radius 2 is 2.13 bits per heavy atom. The van der Waals surface area contributed by atoms with Gasteiger partial charge in [-0.3, -0.25) is 4.52 Å². The van der Waals surface area contributed by atoms with Crippen molar-refractivity contribution in [2.75, 3.05) is 6.61 Å². The second kappa shape index (κ2) is 6.56. The van der Waals surface area contributed by atoms with Gasteiger partial charge >= 0.3 is 7.82 Å². The summed E-state index contributed by atoms with van der Waals surface area (Å²) in [5.74, 6) is 0. The van der Waals surface area contributed by atoms with Gasteiger partial charge in [-0.05, 0) is 0 Å². The Labute approximate surface area is 86.2 Å². The summed E-state index contributed by atoms with van der Waals surface area (Å²) in [6.07, 6.45) is 4.24. The quantitative estimate of drug-likeness (QED) is 0.297. The number of aliphatic hydroxyl groups excluding tert-OH is 1. The zero-order valence-electron chi connectivity index (χ0n) is 7.65. The maximum absolute atomic E-state index is 10.3. The summed E-state index contributed by atoms with van der Waals surface area (Å²) in [6, 6.07) is 0. The molecule has 0 unspecified atom stereocenters. The van der Waals surface area contributed by atoms with Crippen molar-refractivity contribution in [3.05, 3.63) is 0 Å². The number of hydrogen-bond donors (Lipinski definition) is 3. The highest BCUT2D eigenvalue weighted by atomic mass is 31.2. The first kappa shape index (κ1) is 14.1. The van der Waals surface area contributed by atoms with E-state index in [0.29, 0.717) is 6.29 Å². The number of rotatable bonds is 7. The first-order valence-corrected chi connectivity index (χ1v) is 5.36. The van der Waals surface area contributed by atoms with Gasteiger partial charge in [0.2, 0.25) is 0 Å². The molecule has 0 aliphatic carbocycles. The minimum Gasteiger partial charge on any atom is -0.438 e. The van der Waals surface area contributed by atoms with Crippen LogP contribution in [0.15, 0.2) is 0 Å². The van der Waals surface area contributed by atoms with Gasteiger partial charge in [0.25, 0.3) is 0 Å². The monoisotopic (exact) mass is 238 g/mol. The molecule has 0 radical (unpaired) electrons. The van der Waals surface area contributed by atoms with Gasteiger partial charge in [0, 0.05) is 6.42 Å². The van der Waals surface area contributed by atoms with E-state index in [1.807, 2.05) is 0 Å². The third-order valence-electron chi connectivity index (χ3n) is 1.39. The first-order valence-electron chi connectivity index (χ1n) is 3.83. The van der Waals surface area contributed by atoms with Crippen molar-refractivity contribution >= 4 is 14.1 Å². The van der Waals surface area contributed by atoms with E-state index in [1.54, 1.807) is 6.11 Å². The summed E-state index contributed by atoms with van der Waals surface area (Å²) in [7, 11) is -4.65. The highest BCUT2D eigenvalue weighted by molar-refractivity contribution is 7.46. The Balaban J connectivity index is 4.22. The summed E-state index contributed by atoms with van der Waals surface area (Å²) < 4.78 is 18.9. The van der Waals surface area contributed by atoms with E-state index in [-0.39, 0.29) is 6.42 Å². The minimum absolute atomic E-state index is 0.267. The molecule has 0 rings (SSSR count). The normalized spacial score (nSPS) is 15.1. The second-order valence-corrected chi connectivity index (χ2v) is 3.77. The Morgan fingerprint density at radius 3 is 2.53 bits per heavy atom. The molecule has 0 aliphatic heterocycles. The van der Waals surface area contributed by atoms with Gasteiger partial charge in [-0.25, -0.2) is 4.57 Å². The molecule has 0 fully saturated rings. The van der Waals surface area contributed by atoms with Gasteiger partial charge in [0.15, 0.2) is 6.10 Å². The fourth-order valence-electron chi connectivity index (χ4n) is 0.732. The van der Waals surface area contributed by atoms with E-state index >= 15 is 0 Å². The number of phosphoric acid groups is 1. The molecule has 86 valence electrons. The number of phosphoric ester groups is 1. The summed E-state index contributed by atoms with van der Waals surface area (Å²) in [5, 5.41) is 9.25. The third kappa shape index (κ3) is 7.08. The number of aliphatic hydroxyl groups is 1. The molecule has 0 saturated carbocycles. The molecule has 8 heteroatoms. The summed E-state index contributed by atoms with van der Waals surface area (Å²) >= 11 is 0. The van der Waals surface area contributed by atoms with Gasteiger partial charge < -0.3 is 24.4 Å². The van der Waals surface area contributed by atoms with Crippen LogP contribution in [0.25, 0.3) is 0 Å². The van der Waals surface area contributed by atoms with E-state index in [2.05, 4.69) is 9.26 Å². The number of ether oxygens (including phenoxy) is 1. The molecule has 2 atom stereocenters. The Hall–Kier alpha value is -0.900. The lowest BCUT2D eigenvalue weighted by atomic mass is 10.1. The number of terminal acetylenes is 1. The summed E-state index contributed by atoms with van der Waals surface area (Å²) in [5.41, 5.74) is 0. The largest absolute Gasteiger partial charge is 0.469 e. The fraction of sp³-hybridized carbons (Fsp3) is 0.571. The molecule has 0 heterocycles. The third-order valence-corrected chi connectivity index (χ3v) is 1.88. The van der Waals surface area contributed by atoms with Crippen LogP contribution in [0.1, 0.15) is 6.42 Å². The van der Waals surface area contributed by atoms with E-state index in [9.17, 15) is 14.5 Å². The molecule has 15 heavy (non-hydrogen) atoms. The van der Waals surface area contributed by atoms with Crippen molar-refractivity contribution < 1.29 is 33.5 Å². The van der Waals surface area contributed by atoms with Crippen LogP contribution in [0.3, 0.4) is 0 Å². The van der Waals surface area contributed by atoms with Crippen LogP contribution in [0.2, 0.25) is 0 Å². The molecule has 7 nitrogen and oxygen atoms in total. The Morgan fingerprint density at radius 1 is 1.53 bits per heavy atom. The van der Waals surface area contributed by atoms with Gasteiger partial charge in [0.05, 0.1) is 6.61 Å². The predicted molar refractivity (Wildman–Crippen MR) is 48.4 cm³/mol. The van der Waals surface area contributed by atoms with Crippen LogP contribution in [0.5, 0.6) is 0 Å². The van der Waals surface area contributed by atoms with Crippen molar-refractivity contribution in [1.82, 2.24) is 0 Å². The van der Waals surface area contributed by atoms with Gasteiger partial charge in [0.1, 0.15) is 18.5 Å². The Kier molecular flexibility index (Phi) is 6.17. The standard InChI is InChI=1S/C7H11O7P/c1-2-13-7(6(9)3-4-8)5-14-15(10,11)12/h1,4,6-7,9H,3,5H2,(H2,10,11,12)/t6-,7+/m0/s1. The van der Waals surface area contributed by atoms with Crippen molar-refractivity contribution in [1.29, 1.82) is 0 Å². The molecular formula is C7H11O7P. The molecule has 0 aliphatic rings. The van der Waals surface area contributed by atoms with Crippen LogP contribution in [-0.2, 0) is 18.6 Å². The van der Waals surface area contributed by atoms with Gasteiger partial charge in [-0.1, -0.05) is 6.42 Å². The fourth-order valence-corrected chi connectivity index (χ4v) is 1.07. The predicted octanol–water partition coefficient (Wildman–Crippen LogP) is -0.979. The van der Waals surface area contributed by atoms with E-state index in [4.69, 9.17) is 16.2 Å². The molecule has 0 bridgehead atoms. The highest BCUT2D eigenvalue weighted by Gasteiger charge is 2.24. The molecule has 0 aromatic rings. The number of carbonyl (C=O) groups is 1. The van der Waals surface area contributed by atoms with Crippen molar-refractivity contribution in [2.24, 2.45) is 0 Å². The smallest absolute Gasteiger partial charge is 0.438 e. The molecular weight excluding hydrogens is 227 g/mol. The van der Waals surface area contributed by atoms with E-state index < -0.39 is 26.6 Å². The molecule has 0 aromatic carbocycles. The molecule has 0 aromatic heterocycles. The Bertz CT molecular complexity index is 278. The second-order valence-electron chi connectivity index (χ2n) is 2.53. The van der Waals surface area contributed by atoms with Crippen molar-refractivity contribution in [3.63, 3.8) is 0 Å². The number of carbonyl (C=O) groups excluding carboxylic acids is 1. The minimum atomic E-state index is -4.65. The molecule has 3 N–H and O–H groups in total. The molecule has 0 spiro atoms. The maximum atomic E-state index is 10.3. The van der Waals surface area contributed by atoms with Crippen molar-refractivity contribution in [2.45, 2.75) is 18.6 Å². The van der Waals surface area contributed by atoms with E-state index in [1.165, 1.54) is 0 Å². The lowest BCUT2D eigenvalue weighted by Crippen LogP contribution is -2.32. The van der Waals surface area contributed by atoms with Gasteiger partial charge in [-0.2, -0.15) is 0 Å². The zero-order chi connectivity index (χ0) is 11.9. The molecule has 0 saturated heterocycles. The first-order chi connectivity index (χ1) is 6.90. The van der Waals surface area contributed by atoms with Crippen LogP contribution >= 0.6 is 7.82 Å².